The second-order valence-electron chi connectivity index (χ2n) is 11.9. The minimum absolute atomic E-state index is 0.223. The zero-order valence-corrected chi connectivity index (χ0v) is 27.0. The number of benzene rings is 5. The number of nitrogens with zero attached hydrogens (tertiary/aromatic N) is 1. The molecule has 5 aromatic carbocycles. The predicted molar refractivity (Wildman–Crippen MR) is 184 cm³/mol. The van der Waals surface area contributed by atoms with Crippen LogP contribution in [0, 0.1) is 0 Å². The molecule has 1 aliphatic rings. The van der Waals surface area contributed by atoms with Gasteiger partial charge < -0.3 is 28.9 Å². The standard InChI is InChI=1S/C41H43NO6/c43-42(26-32-16-6-1-7-17-32)41-40(47-30-36-24-14-5-15-25-36)39(46-29-35-22-12-4-13-23-35)38(45-28-34-20-10-3-11-21-34)37(48-41)31-44-27-33-18-8-2-9-19-33/h1-25,37-41,43H,26-31H2/t37-,38-,39+,40-,41-/m1/s1. The van der Waals surface area contributed by atoms with Gasteiger partial charge >= 0.3 is 0 Å². The zero-order valence-electron chi connectivity index (χ0n) is 27.0. The van der Waals surface area contributed by atoms with Gasteiger partial charge in [-0.1, -0.05) is 152 Å². The van der Waals surface area contributed by atoms with Crippen LogP contribution in [0.5, 0.6) is 0 Å². The lowest BCUT2D eigenvalue weighted by Gasteiger charge is -2.48. The maximum atomic E-state index is 11.7. The summed E-state index contributed by atoms with van der Waals surface area (Å²) in [6, 6.07) is 49.9. The van der Waals surface area contributed by atoms with Crippen molar-refractivity contribution in [2.45, 2.75) is 63.6 Å². The molecule has 0 amide bonds. The van der Waals surface area contributed by atoms with Crippen molar-refractivity contribution in [3.8, 4) is 0 Å². The van der Waals surface area contributed by atoms with Crippen LogP contribution in [0.1, 0.15) is 27.8 Å². The molecule has 0 unspecified atom stereocenters. The van der Waals surface area contributed by atoms with Crippen molar-refractivity contribution in [3.05, 3.63) is 179 Å². The third-order valence-corrected chi connectivity index (χ3v) is 8.34. The van der Waals surface area contributed by atoms with E-state index in [1.807, 2.05) is 152 Å². The highest BCUT2D eigenvalue weighted by atomic mass is 16.7. The number of ether oxygens (including phenoxy) is 5. The molecule has 1 aliphatic heterocycles. The molecular weight excluding hydrogens is 602 g/mol. The van der Waals surface area contributed by atoms with Crippen LogP contribution in [0.4, 0.5) is 0 Å². The van der Waals surface area contributed by atoms with Crippen molar-refractivity contribution in [1.29, 1.82) is 0 Å². The molecule has 0 bridgehead atoms. The van der Waals surface area contributed by atoms with Crippen LogP contribution in [-0.2, 0) is 56.7 Å². The lowest BCUT2D eigenvalue weighted by Crippen LogP contribution is -2.64. The van der Waals surface area contributed by atoms with Crippen molar-refractivity contribution in [3.63, 3.8) is 0 Å². The fraction of sp³-hybridized carbons (Fsp3) is 0.268. The number of rotatable bonds is 16. The molecule has 48 heavy (non-hydrogen) atoms. The van der Waals surface area contributed by atoms with Gasteiger partial charge in [0.05, 0.1) is 39.6 Å². The normalized spacial score (nSPS) is 20.9. The van der Waals surface area contributed by atoms with Crippen LogP contribution in [0.15, 0.2) is 152 Å². The van der Waals surface area contributed by atoms with Gasteiger partial charge in [-0.25, -0.2) is 0 Å². The SMILES string of the molecule is ON(Cc1ccccc1)[C@@H]1O[C@H](COCc2ccccc2)[C@@H](OCc2ccccc2)[C@H](OCc2ccccc2)[C@H]1OCc1ccccc1. The summed E-state index contributed by atoms with van der Waals surface area (Å²) in [4.78, 5) is 0. The number of hydroxylamine groups is 2. The minimum Gasteiger partial charge on any atom is -0.374 e. The molecule has 0 spiro atoms. The van der Waals surface area contributed by atoms with Gasteiger partial charge in [0.25, 0.3) is 0 Å². The third kappa shape index (κ3) is 9.69. The molecule has 7 heteroatoms. The van der Waals surface area contributed by atoms with Crippen LogP contribution < -0.4 is 0 Å². The van der Waals surface area contributed by atoms with Gasteiger partial charge in [-0.05, 0) is 27.8 Å². The summed E-state index contributed by atoms with van der Waals surface area (Å²) in [7, 11) is 0. The summed E-state index contributed by atoms with van der Waals surface area (Å²) >= 11 is 0. The zero-order chi connectivity index (χ0) is 32.8. The molecule has 0 radical (unpaired) electrons. The van der Waals surface area contributed by atoms with E-state index in [1.54, 1.807) is 0 Å². The average molecular weight is 646 g/mol. The van der Waals surface area contributed by atoms with E-state index in [1.165, 1.54) is 5.06 Å². The monoisotopic (exact) mass is 645 g/mol. The van der Waals surface area contributed by atoms with E-state index in [-0.39, 0.29) is 13.2 Å². The fourth-order valence-electron chi connectivity index (χ4n) is 5.87. The van der Waals surface area contributed by atoms with E-state index in [0.717, 1.165) is 27.8 Å². The summed E-state index contributed by atoms with van der Waals surface area (Å²) in [5.41, 5.74) is 5.04. The average Bonchev–Trinajstić information content (AvgIpc) is 3.14. The third-order valence-electron chi connectivity index (χ3n) is 8.34. The first-order valence-electron chi connectivity index (χ1n) is 16.5. The van der Waals surface area contributed by atoms with Crippen LogP contribution in [0.3, 0.4) is 0 Å². The van der Waals surface area contributed by atoms with E-state index in [2.05, 4.69) is 0 Å². The molecule has 5 atom stereocenters. The summed E-state index contributed by atoms with van der Waals surface area (Å²) in [6.45, 7) is 1.84. The molecule has 248 valence electrons. The Hall–Kier alpha value is -4.18. The van der Waals surface area contributed by atoms with Crippen molar-refractivity contribution in [1.82, 2.24) is 5.06 Å². The molecule has 1 heterocycles. The van der Waals surface area contributed by atoms with E-state index in [9.17, 15) is 5.21 Å². The van der Waals surface area contributed by atoms with Crippen molar-refractivity contribution >= 4 is 0 Å². The topological polar surface area (TPSA) is 69.6 Å². The first-order chi connectivity index (χ1) is 23.7. The molecule has 6 rings (SSSR count). The Morgan fingerprint density at radius 1 is 0.458 bits per heavy atom. The van der Waals surface area contributed by atoms with E-state index >= 15 is 0 Å². The summed E-state index contributed by atoms with van der Waals surface area (Å²) in [5, 5.41) is 12.9. The van der Waals surface area contributed by atoms with Gasteiger partial charge in [-0.15, -0.1) is 0 Å². The molecule has 1 fully saturated rings. The fourth-order valence-corrected chi connectivity index (χ4v) is 5.87. The molecule has 0 aliphatic carbocycles. The quantitative estimate of drug-likeness (QED) is 0.111. The van der Waals surface area contributed by atoms with Crippen molar-refractivity contribution in [2.75, 3.05) is 6.61 Å². The van der Waals surface area contributed by atoms with Crippen LogP contribution in [0.2, 0.25) is 0 Å². The van der Waals surface area contributed by atoms with Crippen molar-refractivity contribution in [2.24, 2.45) is 0 Å². The molecule has 1 N–H and O–H groups in total. The Morgan fingerprint density at radius 3 is 1.29 bits per heavy atom. The van der Waals surface area contributed by atoms with Gasteiger partial charge in [0.2, 0.25) is 0 Å². The smallest absolute Gasteiger partial charge is 0.162 e. The first-order valence-corrected chi connectivity index (χ1v) is 16.5. The van der Waals surface area contributed by atoms with Gasteiger partial charge in [0, 0.05) is 0 Å². The first kappa shape index (κ1) is 33.7. The Kier molecular flexibility index (Phi) is 12.5. The Balaban J connectivity index is 1.32. The van der Waals surface area contributed by atoms with E-state index in [0.29, 0.717) is 26.4 Å². The highest BCUT2D eigenvalue weighted by molar-refractivity contribution is 5.17. The summed E-state index contributed by atoms with van der Waals surface area (Å²) < 4.78 is 33.2. The van der Waals surface area contributed by atoms with Crippen LogP contribution in [0.25, 0.3) is 0 Å². The highest BCUT2D eigenvalue weighted by Gasteiger charge is 2.50. The molecule has 1 saturated heterocycles. The maximum Gasteiger partial charge on any atom is 0.162 e. The molecule has 0 saturated carbocycles. The second-order valence-corrected chi connectivity index (χ2v) is 11.9. The molecular formula is C41H43NO6. The predicted octanol–water partition coefficient (Wildman–Crippen LogP) is 7.58. The maximum absolute atomic E-state index is 11.7. The molecule has 7 nitrogen and oxygen atoms in total. The van der Waals surface area contributed by atoms with E-state index in [4.69, 9.17) is 23.7 Å². The molecule has 5 aromatic rings. The Labute approximate surface area is 283 Å². The Bertz CT molecular complexity index is 1590. The van der Waals surface area contributed by atoms with E-state index < -0.39 is 30.6 Å². The molecule has 0 aromatic heterocycles. The summed E-state index contributed by atoms with van der Waals surface area (Å²) in [5.74, 6) is 0. The number of hydrogen-bond donors (Lipinski definition) is 1. The second kappa shape index (κ2) is 17.8. The lowest BCUT2D eigenvalue weighted by atomic mass is 9.96. The van der Waals surface area contributed by atoms with Crippen LogP contribution >= 0.6 is 0 Å². The van der Waals surface area contributed by atoms with Gasteiger partial charge in [-0.2, -0.15) is 5.06 Å². The Morgan fingerprint density at radius 2 is 0.833 bits per heavy atom. The largest absolute Gasteiger partial charge is 0.374 e. The van der Waals surface area contributed by atoms with Gasteiger partial charge in [-0.3, -0.25) is 0 Å². The minimum atomic E-state index is -0.878. The van der Waals surface area contributed by atoms with Crippen molar-refractivity contribution < 1.29 is 28.9 Å². The van der Waals surface area contributed by atoms with Gasteiger partial charge in [0.1, 0.15) is 24.4 Å². The summed E-state index contributed by atoms with van der Waals surface area (Å²) in [6.07, 6.45) is -3.37. The van der Waals surface area contributed by atoms with Gasteiger partial charge in [0.15, 0.2) is 6.23 Å². The number of hydrogen-bond acceptors (Lipinski definition) is 7. The van der Waals surface area contributed by atoms with Crippen LogP contribution in [-0.4, -0.2) is 47.5 Å². The highest BCUT2D eigenvalue weighted by Crippen LogP contribution is 2.32. The lowest BCUT2D eigenvalue weighted by molar-refractivity contribution is -0.344.